The summed E-state index contributed by atoms with van der Waals surface area (Å²) >= 11 is 9.69. The van der Waals surface area contributed by atoms with E-state index in [-0.39, 0.29) is 16.9 Å². The van der Waals surface area contributed by atoms with Gasteiger partial charge in [-0.3, -0.25) is 0 Å². The Morgan fingerprint density at radius 2 is 1.50 bits per heavy atom. The summed E-state index contributed by atoms with van der Waals surface area (Å²) in [5, 5.41) is 3.11. The van der Waals surface area contributed by atoms with Crippen LogP contribution < -0.4 is 5.32 Å². The molecule has 0 aromatic heterocycles. The van der Waals surface area contributed by atoms with E-state index in [1.54, 1.807) is 0 Å². The first-order chi connectivity index (χ1) is 4.15. The SMILES string of the molecule is C=C(Cl)Cl.CCNCC.Cl. The number of rotatable bonds is 2. The maximum absolute atomic E-state index is 4.85. The fraction of sp³-hybridized carbons (Fsp3) is 0.667. The van der Waals surface area contributed by atoms with Crippen LogP contribution in [0.1, 0.15) is 13.8 Å². The van der Waals surface area contributed by atoms with E-state index in [1.807, 2.05) is 0 Å². The molecule has 1 nitrogen and oxygen atoms in total. The Labute approximate surface area is 79.2 Å². The Bertz CT molecular complexity index is 60.0. The van der Waals surface area contributed by atoms with Crippen molar-refractivity contribution in [2.75, 3.05) is 13.1 Å². The standard InChI is InChI=1S/C4H11N.C2H2Cl2.ClH/c1-3-5-4-2;1-2(3)4;/h5H,3-4H2,1-2H3;1H2;1H. The Morgan fingerprint density at radius 3 is 1.50 bits per heavy atom. The van der Waals surface area contributed by atoms with Crippen LogP contribution >= 0.6 is 35.6 Å². The first-order valence-electron chi connectivity index (χ1n) is 2.85. The maximum Gasteiger partial charge on any atom is 0.0992 e. The zero-order chi connectivity index (χ0) is 7.70. The minimum atomic E-state index is 0. The molecule has 0 spiro atoms. The topological polar surface area (TPSA) is 12.0 Å². The summed E-state index contributed by atoms with van der Waals surface area (Å²) in [5.41, 5.74) is 0. The van der Waals surface area contributed by atoms with E-state index >= 15 is 0 Å². The molecule has 0 bridgehead atoms. The van der Waals surface area contributed by atoms with Crippen LogP contribution in [0, 0.1) is 0 Å². The molecule has 0 aromatic carbocycles. The summed E-state index contributed by atoms with van der Waals surface area (Å²) in [7, 11) is 0. The molecule has 0 fully saturated rings. The molecule has 0 aliphatic rings. The third kappa shape index (κ3) is 74.4. The first kappa shape index (κ1) is 16.9. The van der Waals surface area contributed by atoms with Crippen LogP contribution in [0.3, 0.4) is 0 Å². The van der Waals surface area contributed by atoms with Crippen molar-refractivity contribution in [1.29, 1.82) is 0 Å². The van der Waals surface area contributed by atoms with Crippen LogP contribution in [-0.4, -0.2) is 13.1 Å². The second-order valence-corrected chi connectivity index (χ2v) is 2.40. The molecule has 0 unspecified atom stereocenters. The van der Waals surface area contributed by atoms with Crippen molar-refractivity contribution in [2.45, 2.75) is 13.8 Å². The first-order valence-corrected chi connectivity index (χ1v) is 3.61. The normalized spacial score (nSPS) is 6.80. The largest absolute Gasteiger partial charge is 0.317 e. The zero-order valence-corrected chi connectivity index (χ0v) is 8.61. The van der Waals surface area contributed by atoms with Gasteiger partial charge in [0.15, 0.2) is 0 Å². The van der Waals surface area contributed by atoms with E-state index in [0.717, 1.165) is 13.1 Å². The smallest absolute Gasteiger partial charge is 0.0992 e. The predicted octanol–water partition coefficient (Wildman–Crippen LogP) is 2.97. The third-order valence-corrected chi connectivity index (χ3v) is 0.500. The van der Waals surface area contributed by atoms with Crippen molar-refractivity contribution in [3.05, 3.63) is 11.1 Å². The van der Waals surface area contributed by atoms with Crippen LogP contribution in [0.5, 0.6) is 0 Å². The highest BCUT2D eigenvalue weighted by Gasteiger charge is 1.62. The van der Waals surface area contributed by atoms with Crippen molar-refractivity contribution >= 4 is 35.6 Å². The highest BCUT2D eigenvalue weighted by Crippen LogP contribution is 1.98. The number of halogens is 3. The van der Waals surface area contributed by atoms with Crippen LogP contribution in [0.4, 0.5) is 0 Å². The van der Waals surface area contributed by atoms with Crippen LogP contribution in [0.15, 0.2) is 11.1 Å². The molecule has 0 aliphatic heterocycles. The second-order valence-electron chi connectivity index (χ2n) is 1.30. The monoisotopic (exact) mass is 205 g/mol. The summed E-state index contributed by atoms with van der Waals surface area (Å²) in [4.78, 5) is 0. The Balaban J connectivity index is -0.0000000910. The molecule has 10 heavy (non-hydrogen) atoms. The van der Waals surface area contributed by atoms with Crippen LogP contribution in [0.2, 0.25) is 0 Å². The quantitative estimate of drug-likeness (QED) is 0.733. The Kier molecular flexibility index (Phi) is 27.5. The summed E-state index contributed by atoms with van der Waals surface area (Å²) in [6.45, 7) is 9.48. The average molecular weight is 207 g/mol. The number of nitrogens with one attached hydrogen (secondary N) is 1. The maximum atomic E-state index is 4.85. The lowest BCUT2D eigenvalue weighted by atomic mass is 10.7. The van der Waals surface area contributed by atoms with E-state index in [2.05, 4.69) is 25.7 Å². The minimum absolute atomic E-state index is 0. The molecule has 0 atom stereocenters. The van der Waals surface area contributed by atoms with Gasteiger partial charge in [0.25, 0.3) is 0 Å². The average Bonchev–Trinajstić information content (AvgIpc) is 1.66. The summed E-state index contributed by atoms with van der Waals surface area (Å²) in [6.07, 6.45) is 0. The van der Waals surface area contributed by atoms with Gasteiger partial charge >= 0.3 is 0 Å². The predicted molar refractivity (Wildman–Crippen MR) is 52.3 cm³/mol. The van der Waals surface area contributed by atoms with Gasteiger partial charge in [0.2, 0.25) is 0 Å². The summed E-state index contributed by atoms with van der Waals surface area (Å²) < 4.78 is 0.111. The minimum Gasteiger partial charge on any atom is -0.317 e. The van der Waals surface area contributed by atoms with Crippen molar-refractivity contribution < 1.29 is 0 Å². The fourth-order valence-electron chi connectivity index (χ4n) is 0.250. The molecule has 0 heterocycles. The molecule has 0 rings (SSSR count). The van der Waals surface area contributed by atoms with Gasteiger partial charge in [0.1, 0.15) is 0 Å². The molecular formula is C6H14Cl3N. The van der Waals surface area contributed by atoms with E-state index in [4.69, 9.17) is 23.2 Å². The van der Waals surface area contributed by atoms with Gasteiger partial charge in [-0.15, -0.1) is 12.4 Å². The van der Waals surface area contributed by atoms with Gasteiger partial charge in [0, 0.05) is 0 Å². The molecule has 0 saturated heterocycles. The Morgan fingerprint density at radius 1 is 1.30 bits per heavy atom. The summed E-state index contributed by atoms with van der Waals surface area (Å²) in [5.74, 6) is 0. The van der Waals surface area contributed by atoms with Gasteiger partial charge in [-0.2, -0.15) is 0 Å². The van der Waals surface area contributed by atoms with E-state index < -0.39 is 0 Å². The van der Waals surface area contributed by atoms with Crippen LogP contribution in [0.25, 0.3) is 0 Å². The van der Waals surface area contributed by atoms with Crippen molar-refractivity contribution in [3.8, 4) is 0 Å². The van der Waals surface area contributed by atoms with Gasteiger partial charge in [-0.1, -0.05) is 43.6 Å². The van der Waals surface area contributed by atoms with Gasteiger partial charge in [0.05, 0.1) is 4.49 Å². The Hall–Kier alpha value is 0.570. The zero-order valence-electron chi connectivity index (χ0n) is 6.29. The molecule has 0 amide bonds. The highest BCUT2D eigenvalue weighted by molar-refractivity contribution is 6.55. The van der Waals surface area contributed by atoms with E-state index in [9.17, 15) is 0 Å². The molecule has 0 saturated carbocycles. The van der Waals surface area contributed by atoms with Gasteiger partial charge < -0.3 is 5.32 Å². The van der Waals surface area contributed by atoms with Crippen LogP contribution in [-0.2, 0) is 0 Å². The molecule has 0 aliphatic carbocycles. The van der Waals surface area contributed by atoms with Crippen molar-refractivity contribution in [2.24, 2.45) is 0 Å². The van der Waals surface area contributed by atoms with Crippen molar-refractivity contribution in [1.82, 2.24) is 5.32 Å². The van der Waals surface area contributed by atoms with E-state index in [0.29, 0.717) is 0 Å². The molecule has 1 N–H and O–H groups in total. The second kappa shape index (κ2) is 16.3. The third-order valence-electron chi connectivity index (χ3n) is 0.500. The fourth-order valence-corrected chi connectivity index (χ4v) is 0.250. The van der Waals surface area contributed by atoms with E-state index in [1.165, 1.54) is 0 Å². The van der Waals surface area contributed by atoms with Gasteiger partial charge in [-0.05, 0) is 13.1 Å². The highest BCUT2D eigenvalue weighted by atomic mass is 35.5. The lowest BCUT2D eigenvalue weighted by molar-refractivity contribution is 0.762. The lowest BCUT2D eigenvalue weighted by Gasteiger charge is -1.86. The van der Waals surface area contributed by atoms with Gasteiger partial charge in [-0.25, -0.2) is 0 Å². The molecule has 0 radical (unpaired) electrons. The molecular weight excluding hydrogens is 192 g/mol. The lowest BCUT2D eigenvalue weighted by Crippen LogP contribution is -2.09. The molecule has 0 aromatic rings. The number of hydrogen-bond acceptors (Lipinski definition) is 1. The number of hydrogen-bond donors (Lipinski definition) is 1. The summed E-state index contributed by atoms with van der Waals surface area (Å²) in [6, 6.07) is 0. The molecule has 64 valence electrons. The molecule has 4 heteroatoms. The van der Waals surface area contributed by atoms with Crippen molar-refractivity contribution in [3.63, 3.8) is 0 Å².